The van der Waals surface area contributed by atoms with Gasteiger partial charge < -0.3 is 9.80 Å². The molecule has 0 N–H and O–H groups in total. The molecule has 0 aromatic carbocycles. The molecule has 0 amide bonds. The van der Waals surface area contributed by atoms with Crippen LogP contribution in [0.15, 0.2) is 12.4 Å². The zero-order chi connectivity index (χ0) is 27.4. The van der Waals surface area contributed by atoms with Crippen LogP contribution in [0.25, 0.3) is 0 Å². The number of rotatable bonds is 30. The highest BCUT2D eigenvalue weighted by molar-refractivity contribution is 4.97. The fourth-order valence-electron chi connectivity index (χ4n) is 6.19. The maximum atomic E-state index is 2.69. The highest BCUT2D eigenvalue weighted by atomic mass is 15.4. The summed E-state index contributed by atoms with van der Waals surface area (Å²) in [5.74, 6) is 0. The monoisotopic (exact) mass is 533 g/mol. The Kier molecular flexibility index (Phi) is 26.0. The van der Waals surface area contributed by atoms with Crippen molar-refractivity contribution in [3.8, 4) is 0 Å². The first kappa shape index (κ1) is 35.4. The van der Waals surface area contributed by atoms with E-state index in [1.54, 1.807) is 0 Å². The molecule has 0 fully saturated rings. The summed E-state index contributed by atoms with van der Waals surface area (Å²) in [5.41, 5.74) is 0. The summed E-state index contributed by atoms with van der Waals surface area (Å²) in [4.78, 5) is 5.37. The molecule has 0 bridgehead atoms. The second-order valence-electron chi connectivity index (χ2n) is 12.5. The quantitative estimate of drug-likeness (QED) is 0.0848. The maximum absolute atomic E-state index is 2.69. The summed E-state index contributed by atoms with van der Waals surface area (Å²) in [6.45, 7) is 9.46. The van der Waals surface area contributed by atoms with Crippen LogP contribution >= 0.6 is 0 Å². The molecule has 1 aliphatic rings. The fourth-order valence-corrected chi connectivity index (χ4v) is 6.19. The van der Waals surface area contributed by atoms with Gasteiger partial charge in [-0.25, -0.2) is 0 Å². The minimum absolute atomic E-state index is 0.642. The zero-order valence-electron chi connectivity index (χ0n) is 26.8. The normalized spacial score (nSPS) is 15.3. The first-order chi connectivity index (χ1) is 18.8. The molecule has 0 radical (unpaired) electrons. The Morgan fingerprint density at radius 1 is 0.342 bits per heavy atom. The van der Waals surface area contributed by atoms with E-state index in [-0.39, 0.29) is 0 Å². The van der Waals surface area contributed by atoms with E-state index in [4.69, 9.17) is 0 Å². The van der Waals surface area contributed by atoms with Gasteiger partial charge in [-0.15, -0.1) is 0 Å². The van der Waals surface area contributed by atoms with Crippen LogP contribution in [0.4, 0.5) is 0 Å². The van der Waals surface area contributed by atoms with Crippen molar-refractivity contribution >= 4 is 0 Å². The summed E-state index contributed by atoms with van der Waals surface area (Å²) in [5, 5.41) is 0. The van der Waals surface area contributed by atoms with E-state index in [0.29, 0.717) is 6.17 Å². The lowest BCUT2D eigenvalue weighted by molar-refractivity contribution is 0.135. The molecule has 2 heteroatoms. The van der Waals surface area contributed by atoms with Crippen LogP contribution in [0, 0.1) is 0 Å². The van der Waals surface area contributed by atoms with E-state index in [0.717, 1.165) is 0 Å². The number of hydrogen-bond donors (Lipinski definition) is 0. The van der Waals surface area contributed by atoms with Crippen LogP contribution in [0.5, 0.6) is 0 Å². The van der Waals surface area contributed by atoms with Crippen molar-refractivity contribution in [2.45, 2.75) is 207 Å². The van der Waals surface area contributed by atoms with Crippen molar-refractivity contribution in [2.24, 2.45) is 0 Å². The molecule has 226 valence electrons. The SMILES string of the molecule is CCCCCCCCCCCCCCCCCCCN1C=CN(CCCCCC)C1CCCCCCCC. The second-order valence-corrected chi connectivity index (χ2v) is 12.5. The first-order valence-electron chi connectivity index (χ1n) is 18.0. The van der Waals surface area contributed by atoms with E-state index in [2.05, 4.69) is 43.0 Å². The molecule has 1 unspecified atom stereocenters. The van der Waals surface area contributed by atoms with E-state index in [1.807, 2.05) is 0 Å². The standard InChI is InChI=1S/C36H72N2/c1-4-7-10-13-15-16-17-18-19-20-21-22-23-24-25-27-30-33-38-35-34-37(32-29-12-9-6-3)36(38)31-28-26-14-11-8-5-2/h34-36H,4-33H2,1-3H3. The average Bonchev–Trinajstić information content (AvgIpc) is 3.31. The Bertz CT molecular complexity index is 488. The topological polar surface area (TPSA) is 6.48 Å². The largest absolute Gasteiger partial charge is 0.356 e. The molecule has 2 nitrogen and oxygen atoms in total. The van der Waals surface area contributed by atoms with Crippen molar-refractivity contribution < 1.29 is 0 Å². The lowest BCUT2D eigenvalue weighted by atomic mass is 10.0. The Balaban J connectivity index is 2.04. The van der Waals surface area contributed by atoms with Crippen LogP contribution in [0.1, 0.15) is 201 Å². The summed E-state index contributed by atoms with van der Waals surface area (Å²) in [6, 6.07) is 0. The van der Waals surface area contributed by atoms with E-state index < -0.39 is 0 Å². The van der Waals surface area contributed by atoms with Crippen molar-refractivity contribution in [2.75, 3.05) is 13.1 Å². The van der Waals surface area contributed by atoms with Gasteiger partial charge in [-0.05, 0) is 25.7 Å². The zero-order valence-corrected chi connectivity index (χ0v) is 26.8. The van der Waals surface area contributed by atoms with Gasteiger partial charge in [-0.1, -0.05) is 175 Å². The van der Waals surface area contributed by atoms with Gasteiger partial charge in [0.15, 0.2) is 0 Å². The molecule has 0 aliphatic carbocycles. The summed E-state index contributed by atoms with van der Waals surface area (Å²) >= 11 is 0. The molecule has 1 rings (SSSR count). The first-order valence-corrected chi connectivity index (χ1v) is 18.0. The molecule has 0 spiro atoms. The van der Waals surface area contributed by atoms with Gasteiger partial charge in [0.25, 0.3) is 0 Å². The summed E-state index contributed by atoms with van der Waals surface area (Å²) in [6.07, 6.45) is 45.5. The molecule has 0 saturated carbocycles. The fraction of sp³-hybridized carbons (Fsp3) is 0.944. The third kappa shape index (κ3) is 20.3. The van der Waals surface area contributed by atoms with E-state index >= 15 is 0 Å². The van der Waals surface area contributed by atoms with Crippen LogP contribution in [-0.4, -0.2) is 29.1 Å². The molecular formula is C36H72N2. The van der Waals surface area contributed by atoms with Crippen LogP contribution in [0.2, 0.25) is 0 Å². The Morgan fingerprint density at radius 3 is 0.947 bits per heavy atom. The minimum Gasteiger partial charge on any atom is -0.356 e. The number of hydrogen-bond acceptors (Lipinski definition) is 2. The Hall–Kier alpha value is -0.660. The van der Waals surface area contributed by atoms with Crippen LogP contribution in [0.3, 0.4) is 0 Å². The van der Waals surface area contributed by atoms with Crippen molar-refractivity contribution in [1.29, 1.82) is 0 Å². The molecule has 38 heavy (non-hydrogen) atoms. The molecular weight excluding hydrogens is 460 g/mol. The van der Waals surface area contributed by atoms with E-state index in [1.165, 1.54) is 193 Å². The van der Waals surface area contributed by atoms with Crippen LogP contribution < -0.4 is 0 Å². The Morgan fingerprint density at radius 2 is 0.605 bits per heavy atom. The van der Waals surface area contributed by atoms with Crippen molar-refractivity contribution in [1.82, 2.24) is 9.80 Å². The molecule has 0 aromatic heterocycles. The highest BCUT2D eigenvalue weighted by Crippen LogP contribution is 2.24. The van der Waals surface area contributed by atoms with Crippen molar-refractivity contribution in [3.63, 3.8) is 0 Å². The lowest BCUT2D eigenvalue weighted by Gasteiger charge is -2.33. The minimum atomic E-state index is 0.642. The number of nitrogens with zero attached hydrogens (tertiary/aromatic N) is 2. The van der Waals surface area contributed by atoms with E-state index in [9.17, 15) is 0 Å². The highest BCUT2D eigenvalue weighted by Gasteiger charge is 2.24. The van der Waals surface area contributed by atoms with Gasteiger partial charge >= 0.3 is 0 Å². The van der Waals surface area contributed by atoms with Gasteiger partial charge in [0.2, 0.25) is 0 Å². The number of unbranched alkanes of at least 4 members (excludes halogenated alkanes) is 24. The van der Waals surface area contributed by atoms with Gasteiger partial charge in [0, 0.05) is 25.5 Å². The Labute approximate surface area is 241 Å². The third-order valence-corrected chi connectivity index (χ3v) is 8.82. The van der Waals surface area contributed by atoms with Gasteiger partial charge in [-0.3, -0.25) is 0 Å². The molecule has 1 atom stereocenters. The molecule has 0 aromatic rings. The molecule has 1 aliphatic heterocycles. The smallest absolute Gasteiger partial charge is 0.101 e. The van der Waals surface area contributed by atoms with Gasteiger partial charge in [0.05, 0.1) is 0 Å². The van der Waals surface area contributed by atoms with Crippen LogP contribution in [-0.2, 0) is 0 Å². The predicted molar refractivity (Wildman–Crippen MR) is 173 cm³/mol. The molecule has 0 saturated heterocycles. The average molecular weight is 533 g/mol. The third-order valence-electron chi connectivity index (χ3n) is 8.82. The van der Waals surface area contributed by atoms with Gasteiger partial charge in [0.1, 0.15) is 6.17 Å². The summed E-state index contributed by atoms with van der Waals surface area (Å²) in [7, 11) is 0. The molecule has 1 heterocycles. The van der Waals surface area contributed by atoms with Crippen molar-refractivity contribution in [3.05, 3.63) is 12.4 Å². The van der Waals surface area contributed by atoms with Gasteiger partial charge in [-0.2, -0.15) is 0 Å². The maximum Gasteiger partial charge on any atom is 0.101 e. The lowest BCUT2D eigenvalue weighted by Crippen LogP contribution is -2.39. The predicted octanol–water partition coefficient (Wildman–Crippen LogP) is 12.4. The second kappa shape index (κ2) is 27.9. The summed E-state index contributed by atoms with van der Waals surface area (Å²) < 4.78 is 0.